The van der Waals surface area contributed by atoms with Gasteiger partial charge in [-0.05, 0) is 95.4 Å². The second-order valence-electron chi connectivity index (χ2n) is 11.0. The Labute approximate surface area is 236 Å². The maximum atomic E-state index is 2.47. The molecule has 0 nitrogen and oxygen atoms in total. The van der Waals surface area contributed by atoms with Crippen LogP contribution in [0.2, 0.25) is 0 Å². The zero-order valence-corrected chi connectivity index (χ0v) is 23.4. The van der Waals surface area contributed by atoms with Gasteiger partial charge in [-0.25, -0.2) is 0 Å². The molecule has 7 aromatic carbocycles. The number of hydrogen-bond acceptors (Lipinski definition) is 0. The third kappa shape index (κ3) is 3.98. The Morgan fingerprint density at radius 1 is 0.400 bits per heavy atom. The molecule has 0 aliphatic carbocycles. The van der Waals surface area contributed by atoms with Gasteiger partial charge in [0.15, 0.2) is 0 Å². The standard InChI is InChI=1S/C40H34/c1-3-13-27-23-24-33(28(25-27)14-4-2)38-34-19-9-11-21-36(34)40(37-22-12-10-20-35(37)38)39-31-17-7-5-15-29(31)26-30-16-6-8-18-32(30)39/h5-12,15-26H,3-4,13-14H2,1-2H3. The van der Waals surface area contributed by atoms with E-state index in [0.717, 1.165) is 19.3 Å². The van der Waals surface area contributed by atoms with Crippen molar-refractivity contribution < 1.29 is 0 Å². The van der Waals surface area contributed by atoms with E-state index in [0.29, 0.717) is 0 Å². The summed E-state index contributed by atoms with van der Waals surface area (Å²) < 4.78 is 0. The van der Waals surface area contributed by atoms with Crippen molar-refractivity contribution in [1.82, 2.24) is 0 Å². The zero-order valence-electron chi connectivity index (χ0n) is 23.4. The zero-order chi connectivity index (χ0) is 27.1. The molecule has 0 bridgehead atoms. The van der Waals surface area contributed by atoms with E-state index in [1.165, 1.54) is 82.9 Å². The Balaban J connectivity index is 1.66. The summed E-state index contributed by atoms with van der Waals surface area (Å²) in [7, 11) is 0. The van der Waals surface area contributed by atoms with Gasteiger partial charge in [-0.3, -0.25) is 0 Å². The third-order valence-electron chi connectivity index (χ3n) is 8.45. The van der Waals surface area contributed by atoms with Gasteiger partial charge in [-0.2, -0.15) is 0 Å². The van der Waals surface area contributed by atoms with Crippen LogP contribution in [0.3, 0.4) is 0 Å². The summed E-state index contributed by atoms with van der Waals surface area (Å²) in [6.07, 6.45) is 4.53. The van der Waals surface area contributed by atoms with Gasteiger partial charge in [0.1, 0.15) is 0 Å². The van der Waals surface area contributed by atoms with Gasteiger partial charge >= 0.3 is 0 Å². The molecule has 0 saturated carbocycles. The second-order valence-corrected chi connectivity index (χ2v) is 11.0. The highest BCUT2D eigenvalue weighted by Gasteiger charge is 2.21. The average molecular weight is 515 g/mol. The fourth-order valence-corrected chi connectivity index (χ4v) is 6.78. The quantitative estimate of drug-likeness (QED) is 0.194. The van der Waals surface area contributed by atoms with Crippen molar-refractivity contribution in [1.29, 1.82) is 0 Å². The minimum absolute atomic E-state index is 1.09. The summed E-state index contributed by atoms with van der Waals surface area (Å²) in [5.41, 5.74) is 8.33. The molecule has 0 heterocycles. The van der Waals surface area contributed by atoms with Gasteiger partial charge in [-0.15, -0.1) is 0 Å². The Morgan fingerprint density at radius 3 is 1.38 bits per heavy atom. The molecule has 194 valence electrons. The third-order valence-corrected chi connectivity index (χ3v) is 8.45. The first-order valence-corrected chi connectivity index (χ1v) is 14.7. The lowest BCUT2D eigenvalue weighted by molar-refractivity contribution is 0.897. The second kappa shape index (κ2) is 10.3. The normalized spacial score (nSPS) is 11.7. The first-order chi connectivity index (χ1) is 19.8. The van der Waals surface area contributed by atoms with Crippen LogP contribution in [0.1, 0.15) is 37.8 Å². The highest BCUT2D eigenvalue weighted by molar-refractivity contribution is 6.27. The molecule has 0 radical (unpaired) electrons. The molecule has 0 atom stereocenters. The Morgan fingerprint density at radius 2 is 0.850 bits per heavy atom. The van der Waals surface area contributed by atoms with Crippen LogP contribution in [0, 0.1) is 0 Å². The van der Waals surface area contributed by atoms with Crippen LogP contribution in [-0.2, 0) is 12.8 Å². The molecule has 0 saturated heterocycles. The van der Waals surface area contributed by atoms with Gasteiger partial charge in [0, 0.05) is 0 Å². The smallest absolute Gasteiger partial charge is 0.00139 e. The lowest BCUT2D eigenvalue weighted by Crippen LogP contribution is -1.97. The van der Waals surface area contributed by atoms with E-state index in [2.05, 4.69) is 135 Å². The summed E-state index contributed by atoms with van der Waals surface area (Å²) in [4.78, 5) is 0. The lowest BCUT2D eigenvalue weighted by atomic mass is 9.81. The van der Waals surface area contributed by atoms with E-state index >= 15 is 0 Å². The highest BCUT2D eigenvalue weighted by atomic mass is 14.2. The van der Waals surface area contributed by atoms with Crippen molar-refractivity contribution in [2.45, 2.75) is 39.5 Å². The largest absolute Gasteiger partial charge is 0.0651 e. The van der Waals surface area contributed by atoms with Crippen LogP contribution in [0.4, 0.5) is 0 Å². The van der Waals surface area contributed by atoms with Gasteiger partial charge in [-0.1, -0.05) is 142 Å². The molecule has 0 aliphatic heterocycles. The van der Waals surface area contributed by atoms with Crippen molar-refractivity contribution in [2.75, 3.05) is 0 Å². The summed E-state index contributed by atoms with van der Waals surface area (Å²) in [5.74, 6) is 0. The maximum absolute atomic E-state index is 2.47. The molecular formula is C40H34. The van der Waals surface area contributed by atoms with Crippen molar-refractivity contribution in [3.8, 4) is 22.3 Å². The summed E-state index contributed by atoms with van der Waals surface area (Å²) in [5, 5.41) is 10.5. The average Bonchev–Trinajstić information content (AvgIpc) is 3.00. The predicted octanol–water partition coefficient (Wildman–Crippen LogP) is 11.5. The Hall–Kier alpha value is -4.42. The highest BCUT2D eigenvalue weighted by Crippen LogP contribution is 2.48. The molecular weight excluding hydrogens is 480 g/mol. The molecule has 40 heavy (non-hydrogen) atoms. The topological polar surface area (TPSA) is 0 Å². The molecule has 0 fully saturated rings. The van der Waals surface area contributed by atoms with E-state index in [-0.39, 0.29) is 0 Å². The Bertz CT molecular complexity index is 1910. The molecule has 0 amide bonds. The number of benzene rings is 7. The van der Waals surface area contributed by atoms with Crippen molar-refractivity contribution in [3.63, 3.8) is 0 Å². The molecule has 0 aromatic heterocycles. The van der Waals surface area contributed by atoms with E-state index < -0.39 is 0 Å². The van der Waals surface area contributed by atoms with Crippen LogP contribution in [0.5, 0.6) is 0 Å². The lowest BCUT2D eigenvalue weighted by Gasteiger charge is -2.21. The number of hydrogen-bond donors (Lipinski definition) is 0. The molecule has 0 heteroatoms. The Kier molecular flexibility index (Phi) is 6.33. The monoisotopic (exact) mass is 514 g/mol. The van der Waals surface area contributed by atoms with Gasteiger partial charge in [0.05, 0.1) is 0 Å². The predicted molar refractivity (Wildman–Crippen MR) is 175 cm³/mol. The fourth-order valence-electron chi connectivity index (χ4n) is 6.78. The summed E-state index contributed by atoms with van der Waals surface area (Å²) >= 11 is 0. The van der Waals surface area contributed by atoms with Crippen LogP contribution < -0.4 is 0 Å². The van der Waals surface area contributed by atoms with Crippen LogP contribution >= 0.6 is 0 Å². The van der Waals surface area contributed by atoms with Crippen LogP contribution in [0.15, 0.2) is 121 Å². The van der Waals surface area contributed by atoms with Gasteiger partial charge in [0.2, 0.25) is 0 Å². The van der Waals surface area contributed by atoms with Crippen LogP contribution in [-0.4, -0.2) is 0 Å². The molecule has 0 unspecified atom stereocenters. The number of rotatable bonds is 6. The van der Waals surface area contributed by atoms with Crippen LogP contribution in [0.25, 0.3) is 65.3 Å². The van der Waals surface area contributed by atoms with Gasteiger partial charge < -0.3 is 0 Å². The van der Waals surface area contributed by atoms with Crippen molar-refractivity contribution in [3.05, 3.63) is 132 Å². The molecule has 0 aliphatic rings. The molecule has 0 spiro atoms. The summed E-state index contributed by atoms with van der Waals surface area (Å²) in [6.45, 7) is 4.56. The maximum Gasteiger partial charge on any atom is -0.00139 e. The van der Waals surface area contributed by atoms with Crippen molar-refractivity contribution in [2.24, 2.45) is 0 Å². The van der Waals surface area contributed by atoms with Crippen molar-refractivity contribution >= 4 is 43.1 Å². The molecule has 7 rings (SSSR count). The molecule has 0 N–H and O–H groups in total. The molecule has 7 aromatic rings. The van der Waals surface area contributed by atoms with E-state index in [1.807, 2.05) is 0 Å². The minimum Gasteiger partial charge on any atom is -0.0651 e. The first kappa shape index (κ1) is 24.6. The minimum atomic E-state index is 1.09. The fraction of sp³-hybridized carbons (Fsp3) is 0.150. The van der Waals surface area contributed by atoms with E-state index in [9.17, 15) is 0 Å². The SMILES string of the molecule is CCCc1ccc(-c2c3ccccc3c(-c3c4ccccc4cc4ccccc34)c3ccccc23)c(CCC)c1. The van der Waals surface area contributed by atoms with E-state index in [4.69, 9.17) is 0 Å². The first-order valence-electron chi connectivity index (χ1n) is 14.7. The number of aryl methyl sites for hydroxylation is 2. The number of fused-ring (bicyclic) bond motifs is 4. The summed E-state index contributed by atoms with van der Waals surface area (Å²) in [6, 6.07) is 45.5. The van der Waals surface area contributed by atoms with Gasteiger partial charge in [0.25, 0.3) is 0 Å². The van der Waals surface area contributed by atoms with E-state index in [1.54, 1.807) is 0 Å².